The lowest BCUT2D eigenvalue weighted by atomic mass is 9.75. The summed E-state index contributed by atoms with van der Waals surface area (Å²) < 4.78 is 5.16. The first-order chi connectivity index (χ1) is 11.7. The van der Waals surface area contributed by atoms with E-state index in [1.54, 1.807) is 7.11 Å². The van der Waals surface area contributed by atoms with E-state index in [1.807, 2.05) is 31.2 Å². The fourth-order valence-corrected chi connectivity index (χ4v) is 4.23. The molecule has 0 spiro atoms. The van der Waals surface area contributed by atoms with Crippen molar-refractivity contribution in [2.45, 2.75) is 51.6 Å². The Morgan fingerprint density at radius 1 is 1.21 bits per heavy atom. The molecule has 1 aliphatic heterocycles. The second-order valence-electron chi connectivity index (χ2n) is 7.33. The fourth-order valence-electron chi connectivity index (χ4n) is 4.23. The smallest absolute Gasteiger partial charge is 0.237 e. The van der Waals surface area contributed by atoms with Crippen LogP contribution < -0.4 is 10.1 Å². The molecule has 1 aromatic rings. The molecule has 132 valence electrons. The first-order valence-electron chi connectivity index (χ1n) is 9.32. The second kappa shape index (κ2) is 8.02. The van der Waals surface area contributed by atoms with Crippen molar-refractivity contribution in [3.63, 3.8) is 0 Å². The van der Waals surface area contributed by atoms with Crippen LogP contribution in [0.2, 0.25) is 0 Å². The molecule has 3 rings (SSSR count). The zero-order valence-electron chi connectivity index (χ0n) is 15.0. The maximum atomic E-state index is 12.5. The molecule has 3 atom stereocenters. The highest BCUT2D eigenvalue weighted by Crippen LogP contribution is 2.36. The van der Waals surface area contributed by atoms with Gasteiger partial charge in [-0.15, -0.1) is 0 Å². The van der Waals surface area contributed by atoms with Gasteiger partial charge in [0.15, 0.2) is 0 Å². The summed E-state index contributed by atoms with van der Waals surface area (Å²) in [7, 11) is 1.66. The van der Waals surface area contributed by atoms with Crippen molar-refractivity contribution in [1.82, 2.24) is 10.2 Å². The largest absolute Gasteiger partial charge is 0.497 e. The number of likely N-dealkylation sites (tertiary alicyclic amines) is 1. The van der Waals surface area contributed by atoms with Crippen LogP contribution in [-0.4, -0.2) is 37.0 Å². The predicted octanol–water partition coefficient (Wildman–Crippen LogP) is 3.21. The number of ether oxygens (including phenoxy) is 1. The number of hydrogen-bond donors (Lipinski definition) is 1. The topological polar surface area (TPSA) is 41.6 Å². The average Bonchev–Trinajstić information content (AvgIpc) is 2.65. The summed E-state index contributed by atoms with van der Waals surface area (Å²) in [6, 6.07) is 7.82. The summed E-state index contributed by atoms with van der Waals surface area (Å²) >= 11 is 0. The molecule has 0 aromatic heterocycles. The lowest BCUT2D eigenvalue weighted by Crippen LogP contribution is -2.51. The van der Waals surface area contributed by atoms with Crippen LogP contribution in [0.15, 0.2) is 24.3 Å². The second-order valence-corrected chi connectivity index (χ2v) is 7.33. The van der Waals surface area contributed by atoms with E-state index in [4.69, 9.17) is 4.74 Å². The first-order valence-corrected chi connectivity index (χ1v) is 9.32. The lowest BCUT2D eigenvalue weighted by Gasteiger charge is -2.43. The molecule has 2 aliphatic rings. The lowest BCUT2D eigenvalue weighted by molar-refractivity contribution is -0.127. The monoisotopic (exact) mass is 330 g/mol. The van der Waals surface area contributed by atoms with Crippen LogP contribution in [0.5, 0.6) is 5.75 Å². The Bertz CT molecular complexity index is 543. The van der Waals surface area contributed by atoms with Gasteiger partial charge in [0.1, 0.15) is 5.75 Å². The van der Waals surface area contributed by atoms with Gasteiger partial charge in [-0.2, -0.15) is 0 Å². The molecule has 1 saturated carbocycles. The Hall–Kier alpha value is -1.55. The van der Waals surface area contributed by atoms with E-state index in [0.717, 1.165) is 36.2 Å². The molecule has 4 nitrogen and oxygen atoms in total. The van der Waals surface area contributed by atoms with E-state index in [0.29, 0.717) is 6.54 Å². The van der Waals surface area contributed by atoms with E-state index in [9.17, 15) is 4.79 Å². The van der Waals surface area contributed by atoms with E-state index in [2.05, 4.69) is 10.2 Å². The van der Waals surface area contributed by atoms with Gasteiger partial charge in [0.05, 0.1) is 13.2 Å². The molecule has 24 heavy (non-hydrogen) atoms. The van der Waals surface area contributed by atoms with Gasteiger partial charge in [-0.1, -0.05) is 31.4 Å². The zero-order chi connectivity index (χ0) is 16.9. The van der Waals surface area contributed by atoms with Gasteiger partial charge in [-0.05, 0) is 55.8 Å². The van der Waals surface area contributed by atoms with Crippen molar-refractivity contribution < 1.29 is 9.53 Å². The van der Waals surface area contributed by atoms with Crippen molar-refractivity contribution >= 4 is 5.91 Å². The van der Waals surface area contributed by atoms with Gasteiger partial charge in [-0.3, -0.25) is 9.69 Å². The van der Waals surface area contributed by atoms with Crippen LogP contribution >= 0.6 is 0 Å². The quantitative estimate of drug-likeness (QED) is 0.901. The molecule has 1 amide bonds. The maximum absolute atomic E-state index is 12.5. The van der Waals surface area contributed by atoms with Crippen LogP contribution in [-0.2, 0) is 11.3 Å². The molecule has 4 heteroatoms. The summed E-state index contributed by atoms with van der Waals surface area (Å²) in [6.45, 7) is 4.79. The van der Waals surface area contributed by atoms with Gasteiger partial charge in [0, 0.05) is 13.1 Å². The average molecular weight is 330 g/mol. The van der Waals surface area contributed by atoms with Crippen LogP contribution in [0, 0.1) is 11.8 Å². The van der Waals surface area contributed by atoms with E-state index >= 15 is 0 Å². The third-order valence-electron chi connectivity index (χ3n) is 5.88. The minimum Gasteiger partial charge on any atom is -0.497 e. The highest BCUT2D eigenvalue weighted by atomic mass is 16.5. The summed E-state index contributed by atoms with van der Waals surface area (Å²) in [4.78, 5) is 14.9. The molecule has 0 unspecified atom stereocenters. The molecular formula is C20H30N2O2. The molecule has 1 N–H and O–H groups in total. The minimum absolute atomic E-state index is 0.0360. The van der Waals surface area contributed by atoms with Crippen molar-refractivity contribution in [2.24, 2.45) is 11.8 Å². The van der Waals surface area contributed by atoms with Crippen molar-refractivity contribution in [3.05, 3.63) is 29.8 Å². The standard InChI is InChI=1S/C20H30N2O2/c1-15(22-12-11-17-5-3-4-6-18(17)14-22)20(23)21-13-16-7-9-19(24-2)10-8-16/h7-10,15,17-18H,3-6,11-14H2,1-2H3,(H,21,23)/t15-,17+,18-/m1/s1. The predicted molar refractivity (Wildman–Crippen MR) is 95.9 cm³/mol. The van der Waals surface area contributed by atoms with Crippen molar-refractivity contribution in [2.75, 3.05) is 20.2 Å². The van der Waals surface area contributed by atoms with Crippen molar-refractivity contribution in [3.8, 4) is 5.75 Å². The van der Waals surface area contributed by atoms with Crippen LogP contribution in [0.4, 0.5) is 0 Å². The first kappa shape index (κ1) is 17.3. The third kappa shape index (κ3) is 4.10. The Morgan fingerprint density at radius 3 is 2.62 bits per heavy atom. The van der Waals surface area contributed by atoms with Gasteiger partial charge >= 0.3 is 0 Å². The molecule has 2 fully saturated rings. The molecular weight excluding hydrogens is 300 g/mol. The molecule has 0 radical (unpaired) electrons. The number of carbonyl (C=O) groups is 1. The highest BCUT2D eigenvalue weighted by molar-refractivity contribution is 5.81. The van der Waals surface area contributed by atoms with Crippen LogP contribution in [0.3, 0.4) is 0 Å². The number of methoxy groups -OCH3 is 1. The summed E-state index contributed by atoms with van der Waals surface area (Å²) in [5.74, 6) is 2.70. The maximum Gasteiger partial charge on any atom is 0.237 e. The van der Waals surface area contributed by atoms with E-state index < -0.39 is 0 Å². The van der Waals surface area contributed by atoms with E-state index in [1.165, 1.54) is 32.1 Å². The van der Waals surface area contributed by atoms with Gasteiger partial charge in [0.2, 0.25) is 5.91 Å². The SMILES string of the molecule is COc1ccc(CNC(=O)[C@@H](C)N2CC[C@@H]3CCCC[C@@H]3C2)cc1. The summed E-state index contributed by atoms with van der Waals surface area (Å²) in [5, 5.41) is 3.08. The number of nitrogens with zero attached hydrogens (tertiary/aromatic N) is 1. The molecule has 1 heterocycles. The number of hydrogen-bond acceptors (Lipinski definition) is 3. The Labute approximate surface area is 145 Å². The molecule has 0 bridgehead atoms. The van der Waals surface area contributed by atoms with Crippen molar-refractivity contribution in [1.29, 1.82) is 0 Å². The number of nitrogens with one attached hydrogen (secondary N) is 1. The minimum atomic E-state index is -0.0360. The number of piperidine rings is 1. The third-order valence-corrected chi connectivity index (χ3v) is 5.88. The normalized spacial score (nSPS) is 25.6. The number of rotatable bonds is 5. The fraction of sp³-hybridized carbons (Fsp3) is 0.650. The number of fused-ring (bicyclic) bond motifs is 1. The van der Waals surface area contributed by atoms with Gasteiger partial charge in [0.25, 0.3) is 0 Å². The molecule has 1 saturated heterocycles. The Kier molecular flexibility index (Phi) is 5.77. The molecule has 1 aromatic carbocycles. The van der Waals surface area contributed by atoms with E-state index in [-0.39, 0.29) is 11.9 Å². The molecule has 1 aliphatic carbocycles. The zero-order valence-corrected chi connectivity index (χ0v) is 15.0. The van der Waals surface area contributed by atoms with Gasteiger partial charge < -0.3 is 10.1 Å². The number of amides is 1. The van der Waals surface area contributed by atoms with Crippen LogP contribution in [0.25, 0.3) is 0 Å². The Balaban J connectivity index is 1.49. The number of carbonyl (C=O) groups excluding carboxylic acids is 1. The van der Waals surface area contributed by atoms with Crippen LogP contribution in [0.1, 0.15) is 44.6 Å². The number of benzene rings is 1. The van der Waals surface area contributed by atoms with Gasteiger partial charge in [-0.25, -0.2) is 0 Å². The Morgan fingerprint density at radius 2 is 1.92 bits per heavy atom. The highest BCUT2D eigenvalue weighted by Gasteiger charge is 2.34. The summed E-state index contributed by atoms with van der Waals surface area (Å²) in [6.07, 6.45) is 6.78. The summed E-state index contributed by atoms with van der Waals surface area (Å²) in [5.41, 5.74) is 1.10.